The van der Waals surface area contributed by atoms with E-state index in [4.69, 9.17) is 11.6 Å². The van der Waals surface area contributed by atoms with Crippen molar-refractivity contribution in [3.8, 4) is 11.3 Å². The van der Waals surface area contributed by atoms with Gasteiger partial charge in [-0.2, -0.15) is 0 Å². The summed E-state index contributed by atoms with van der Waals surface area (Å²) in [5.41, 5.74) is 2.36. The van der Waals surface area contributed by atoms with Gasteiger partial charge in [-0.25, -0.2) is 9.97 Å². The van der Waals surface area contributed by atoms with Gasteiger partial charge in [0.1, 0.15) is 0 Å². The van der Waals surface area contributed by atoms with Gasteiger partial charge in [-0.1, -0.05) is 23.7 Å². The number of aliphatic hydroxyl groups is 1. The van der Waals surface area contributed by atoms with E-state index in [1.54, 1.807) is 29.7 Å². The van der Waals surface area contributed by atoms with Crippen molar-refractivity contribution in [2.45, 2.75) is 13.0 Å². The Balaban J connectivity index is 2.28. The van der Waals surface area contributed by atoms with Gasteiger partial charge in [0, 0.05) is 23.0 Å². The number of hydrogen-bond donors (Lipinski definition) is 1. The van der Waals surface area contributed by atoms with Crippen LogP contribution in [-0.4, -0.2) is 19.5 Å². The molecule has 19 heavy (non-hydrogen) atoms. The van der Waals surface area contributed by atoms with Crippen molar-refractivity contribution in [2.24, 2.45) is 0 Å². The molecule has 0 aliphatic rings. The number of aliphatic hydroxyl groups excluding tert-OH is 1. The van der Waals surface area contributed by atoms with Crippen LogP contribution in [-0.2, 0) is 0 Å². The van der Waals surface area contributed by atoms with E-state index >= 15 is 0 Å². The number of benzene rings is 1. The topological polar surface area (TPSA) is 50.4 Å². The van der Waals surface area contributed by atoms with Crippen molar-refractivity contribution in [3.05, 3.63) is 53.4 Å². The normalized spacial score (nSPS) is 12.8. The largest absolute Gasteiger partial charge is 0.387 e. The minimum atomic E-state index is -0.634. The average Bonchev–Trinajstić information content (AvgIpc) is 2.78. The van der Waals surface area contributed by atoms with Crippen LogP contribution in [0.5, 0.6) is 0 Å². The lowest BCUT2D eigenvalue weighted by Gasteiger charge is -2.07. The zero-order valence-electron chi connectivity index (χ0n) is 10.3. The number of halogens is 1. The monoisotopic (exact) mass is 273 g/mol. The number of imidazole rings is 1. The molecule has 1 atom stereocenters. The minimum absolute atomic E-state index is 0.573. The molecular formula is C14H12ClN3O. The van der Waals surface area contributed by atoms with Gasteiger partial charge in [0.2, 0.25) is 5.78 Å². The summed E-state index contributed by atoms with van der Waals surface area (Å²) in [5, 5.41) is 10.7. The van der Waals surface area contributed by atoms with Crippen molar-refractivity contribution in [1.29, 1.82) is 0 Å². The molecule has 0 amide bonds. The van der Waals surface area contributed by atoms with Gasteiger partial charge in [0.05, 0.1) is 17.5 Å². The Kier molecular flexibility index (Phi) is 2.97. The molecule has 1 unspecified atom stereocenters. The molecule has 0 spiro atoms. The molecule has 0 saturated heterocycles. The zero-order valence-corrected chi connectivity index (χ0v) is 11.0. The Morgan fingerprint density at radius 3 is 2.68 bits per heavy atom. The Morgan fingerprint density at radius 1 is 1.26 bits per heavy atom. The van der Waals surface area contributed by atoms with Gasteiger partial charge < -0.3 is 5.11 Å². The van der Waals surface area contributed by atoms with E-state index in [-0.39, 0.29) is 0 Å². The van der Waals surface area contributed by atoms with Crippen molar-refractivity contribution in [3.63, 3.8) is 0 Å². The van der Waals surface area contributed by atoms with Crippen molar-refractivity contribution in [2.75, 3.05) is 0 Å². The van der Waals surface area contributed by atoms with Gasteiger partial charge in [-0.3, -0.25) is 4.40 Å². The molecule has 4 nitrogen and oxygen atoms in total. The molecule has 3 aromatic rings. The fourth-order valence-corrected chi connectivity index (χ4v) is 2.25. The van der Waals surface area contributed by atoms with Gasteiger partial charge in [0.25, 0.3) is 0 Å². The zero-order chi connectivity index (χ0) is 13.4. The second kappa shape index (κ2) is 4.64. The van der Waals surface area contributed by atoms with Crippen LogP contribution in [0.2, 0.25) is 5.02 Å². The fourth-order valence-electron chi connectivity index (χ4n) is 2.12. The first-order chi connectivity index (χ1) is 9.16. The maximum atomic E-state index is 9.99. The van der Waals surface area contributed by atoms with E-state index in [1.165, 1.54) is 0 Å². The van der Waals surface area contributed by atoms with E-state index in [0.29, 0.717) is 10.8 Å². The molecule has 0 radical (unpaired) electrons. The molecule has 0 bridgehead atoms. The Labute approximate surface area is 115 Å². The van der Waals surface area contributed by atoms with E-state index in [0.717, 1.165) is 17.0 Å². The maximum Gasteiger partial charge on any atom is 0.234 e. The van der Waals surface area contributed by atoms with Crippen LogP contribution in [0.15, 0.2) is 42.7 Å². The van der Waals surface area contributed by atoms with Crippen LogP contribution in [0.25, 0.3) is 17.0 Å². The summed E-state index contributed by atoms with van der Waals surface area (Å²) in [7, 11) is 0. The van der Waals surface area contributed by atoms with Crippen LogP contribution in [0.3, 0.4) is 0 Å². The molecule has 1 N–H and O–H groups in total. The summed E-state index contributed by atoms with van der Waals surface area (Å²) in [4.78, 5) is 8.69. The first-order valence-electron chi connectivity index (χ1n) is 5.94. The molecule has 5 heteroatoms. The van der Waals surface area contributed by atoms with Crippen molar-refractivity contribution < 1.29 is 5.11 Å². The van der Waals surface area contributed by atoms with E-state index in [9.17, 15) is 5.11 Å². The quantitative estimate of drug-likeness (QED) is 0.780. The van der Waals surface area contributed by atoms with Crippen LogP contribution in [0, 0.1) is 0 Å². The molecule has 0 aliphatic heterocycles. The molecule has 3 rings (SSSR count). The first kappa shape index (κ1) is 12.1. The smallest absolute Gasteiger partial charge is 0.234 e. The Bertz CT molecular complexity index is 719. The Morgan fingerprint density at radius 2 is 2.00 bits per heavy atom. The predicted molar refractivity (Wildman–Crippen MR) is 74.1 cm³/mol. The molecular weight excluding hydrogens is 262 g/mol. The lowest BCUT2D eigenvalue weighted by molar-refractivity contribution is 0.194. The van der Waals surface area contributed by atoms with E-state index in [2.05, 4.69) is 9.97 Å². The fraction of sp³-hybridized carbons (Fsp3) is 0.143. The molecule has 96 valence electrons. The van der Waals surface area contributed by atoms with Crippen LogP contribution in [0.4, 0.5) is 0 Å². The number of hydrogen-bond acceptors (Lipinski definition) is 3. The predicted octanol–water partition coefficient (Wildman–Crippen LogP) is 3.10. The highest BCUT2D eigenvalue weighted by Crippen LogP contribution is 2.29. The molecule has 0 fully saturated rings. The lowest BCUT2D eigenvalue weighted by atomic mass is 10.1. The highest BCUT2D eigenvalue weighted by atomic mass is 35.5. The SMILES string of the molecule is CC(O)c1c(-c2ccc(Cl)cc2)nc2ncccn12. The summed E-state index contributed by atoms with van der Waals surface area (Å²) in [6.07, 6.45) is 2.89. The number of fused-ring (bicyclic) bond motifs is 1. The van der Waals surface area contributed by atoms with Crippen LogP contribution < -0.4 is 0 Å². The van der Waals surface area contributed by atoms with Gasteiger partial charge in [-0.05, 0) is 25.1 Å². The average molecular weight is 274 g/mol. The summed E-state index contributed by atoms with van der Waals surface area (Å²) in [6.45, 7) is 1.72. The maximum absolute atomic E-state index is 9.99. The summed E-state index contributed by atoms with van der Waals surface area (Å²) in [6, 6.07) is 9.19. The van der Waals surface area contributed by atoms with Gasteiger partial charge >= 0.3 is 0 Å². The summed E-state index contributed by atoms with van der Waals surface area (Å²) in [5.74, 6) is 0.573. The summed E-state index contributed by atoms with van der Waals surface area (Å²) >= 11 is 5.89. The lowest BCUT2D eigenvalue weighted by Crippen LogP contribution is -1.99. The minimum Gasteiger partial charge on any atom is -0.387 e. The van der Waals surface area contributed by atoms with Crippen molar-refractivity contribution >= 4 is 17.4 Å². The second-order valence-corrected chi connectivity index (χ2v) is 4.75. The van der Waals surface area contributed by atoms with Crippen LogP contribution >= 0.6 is 11.6 Å². The van der Waals surface area contributed by atoms with Gasteiger partial charge in [-0.15, -0.1) is 0 Å². The third-order valence-electron chi connectivity index (χ3n) is 2.95. The third kappa shape index (κ3) is 2.09. The number of aromatic nitrogens is 3. The van der Waals surface area contributed by atoms with E-state index < -0.39 is 6.10 Å². The number of rotatable bonds is 2. The highest BCUT2D eigenvalue weighted by Gasteiger charge is 2.18. The summed E-state index contributed by atoms with van der Waals surface area (Å²) < 4.78 is 1.80. The molecule has 0 aliphatic carbocycles. The third-order valence-corrected chi connectivity index (χ3v) is 3.21. The van der Waals surface area contributed by atoms with Crippen LogP contribution in [0.1, 0.15) is 18.7 Å². The number of nitrogens with zero attached hydrogens (tertiary/aromatic N) is 3. The standard InChI is InChI=1S/C14H12ClN3O/c1-9(19)13-12(10-3-5-11(15)6-4-10)17-14-16-7-2-8-18(13)14/h2-9,19H,1H3. The molecule has 2 aromatic heterocycles. The molecule has 0 saturated carbocycles. The highest BCUT2D eigenvalue weighted by molar-refractivity contribution is 6.30. The first-order valence-corrected chi connectivity index (χ1v) is 6.31. The second-order valence-electron chi connectivity index (χ2n) is 4.32. The molecule has 2 heterocycles. The van der Waals surface area contributed by atoms with Gasteiger partial charge in [0.15, 0.2) is 0 Å². The van der Waals surface area contributed by atoms with Crippen molar-refractivity contribution in [1.82, 2.24) is 14.4 Å². The molecule has 1 aromatic carbocycles. The van der Waals surface area contributed by atoms with E-state index in [1.807, 2.05) is 24.4 Å². The Hall–Kier alpha value is -1.91.